The number of carbonyl (C=O) groups is 1. The fourth-order valence-electron chi connectivity index (χ4n) is 1.15. The van der Waals surface area contributed by atoms with E-state index >= 15 is 0 Å². The molecule has 2 heterocycles. The molecule has 1 N–H and O–H groups in total. The van der Waals surface area contributed by atoms with Crippen molar-refractivity contribution in [1.82, 2.24) is 20.4 Å². The van der Waals surface area contributed by atoms with E-state index in [1.807, 2.05) is 11.8 Å². The highest BCUT2D eigenvalue weighted by Gasteiger charge is 2.22. The Kier molecular flexibility index (Phi) is 3.10. The second-order valence-electron chi connectivity index (χ2n) is 3.39. The third kappa shape index (κ3) is 2.62. The Morgan fingerprint density at radius 2 is 2.60 bits per heavy atom. The Hall–Kier alpha value is -1.24. The van der Waals surface area contributed by atoms with Gasteiger partial charge in [-0.05, 0) is 0 Å². The second kappa shape index (κ2) is 4.52. The van der Waals surface area contributed by atoms with Gasteiger partial charge in [0.2, 0.25) is 6.39 Å². The van der Waals surface area contributed by atoms with Crippen molar-refractivity contribution in [1.29, 1.82) is 0 Å². The first-order chi connectivity index (χ1) is 7.25. The molecule has 0 aliphatic carbocycles. The van der Waals surface area contributed by atoms with E-state index in [1.54, 1.807) is 7.05 Å². The summed E-state index contributed by atoms with van der Waals surface area (Å²) in [5.74, 6) is 2.51. The first kappa shape index (κ1) is 10.3. The highest BCUT2D eigenvalue weighted by molar-refractivity contribution is 8.00. The molecule has 1 saturated heterocycles. The minimum atomic E-state index is -0.0925. The average molecular weight is 228 g/mol. The lowest BCUT2D eigenvalue weighted by molar-refractivity contribution is 0.202. The molecule has 0 spiro atoms. The number of thioether (sulfide) groups is 1. The van der Waals surface area contributed by atoms with E-state index in [9.17, 15) is 4.79 Å². The molecule has 15 heavy (non-hydrogen) atoms. The lowest BCUT2D eigenvalue weighted by Crippen LogP contribution is -2.48. The number of carbonyl (C=O) groups excluding carboxylic acids is 1. The first-order valence-corrected chi connectivity index (χ1v) is 5.76. The van der Waals surface area contributed by atoms with Gasteiger partial charge in [-0.3, -0.25) is 0 Å². The molecule has 0 saturated carbocycles. The maximum absolute atomic E-state index is 11.6. The molecule has 2 rings (SSSR count). The number of hydrogen-bond acceptors (Lipinski definition) is 5. The number of urea groups is 1. The number of nitrogens with zero attached hydrogens (tertiary/aromatic N) is 3. The first-order valence-electron chi connectivity index (χ1n) is 4.60. The quantitative estimate of drug-likeness (QED) is 0.807. The summed E-state index contributed by atoms with van der Waals surface area (Å²) in [5, 5.41) is 6.55. The fourth-order valence-corrected chi connectivity index (χ4v) is 1.79. The minimum Gasteiger partial charge on any atom is -0.343 e. The van der Waals surface area contributed by atoms with Crippen LogP contribution in [0.15, 0.2) is 10.9 Å². The highest BCUT2D eigenvalue weighted by atomic mass is 32.2. The monoisotopic (exact) mass is 228 g/mol. The van der Waals surface area contributed by atoms with Crippen LogP contribution >= 0.6 is 11.8 Å². The van der Waals surface area contributed by atoms with Gasteiger partial charge in [-0.1, -0.05) is 5.16 Å². The highest BCUT2D eigenvalue weighted by Crippen LogP contribution is 2.17. The molecule has 1 aliphatic rings. The fraction of sp³-hybridized carbons (Fsp3) is 0.625. The van der Waals surface area contributed by atoms with Gasteiger partial charge in [0.15, 0.2) is 5.82 Å². The molecule has 0 aromatic carbocycles. The van der Waals surface area contributed by atoms with Crippen molar-refractivity contribution in [3.8, 4) is 0 Å². The molecular formula is C8H12N4O2S. The zero-order valence-corrected chi connectivity index (χ0v) is 9.16. The number of nitrogens with one attached hydrogen (secondary N) is 1. The smallest absolute Gasteiger partial charge is 0.317 e. The zero-order chi connectivity index (χ0) is 10.7. The lowest BCUT2D eigenvalue weighted by Gasteiger charge is -2.28. The number of rotatable bonds is 3. The number of aromatic nitrogens is 2. The van der Waals surface area contributed by atoms with E-state index in [2.05, 4.69) is 20.0 Å². The average Bonchev–Trinajstić information content (AvgIpc) is 2.63. The molecule has 1 aliphatic heterocycles. The van der Waals surface area contributed by atoms with E-state index in [1.165, 1.54) is 11.3 Å². The molecule has 6 nitrogen and oxygen atoms in total. The third-order valence-corrected chi connectivity index (χ3v) is 3.37. The van der Waals surface area contributed by atoms with E-state index in [0.717, 1.165) is 11.5 Å². The second-order valence-corrected chi connectivity index (χ2v) is 4.46. The predicted molar refractivity (Wildman–Crippen MR) is 55.4 cm³/mol. The maximum Gasteiger partial charge on any atom is 0.317 e. The van der Waals surface area contributed by atoms with E-state index in [-0.39, 0.29) is 6.03 Å². The Balaban J connectivity index is 1.79. The third-order valence-electron chi connectivity index (χ3n) is 2.10. The normalized spacial score (nSPS) is 15.8. The van der Waals surface area contributed by atoms with Gasteiger partial charge < -0.3 is 14.7 Å². The van der Waals surface area contributed by atoms with E-state index < -0.39 is 0 Å². The Morgan fingerprint density at radius 1 is 1.80 bits per heavy atom. The van der Waals surface area contributed by atoms with Crippen molar-refractivity contribution in [2.75, 3.05) is 18.6 Å². The van der Waals surface area contributed by atoms with Crippen molar-refractivity contribution in [3.63, 3.8) is 0 Å². The Morgan fingerprint density at radius 3 is 3.13 bits per heavy atom. The summed E-state index contributed by atoms with van der Waals surface area (Å²) in [4.78, 5) is 17.0. The molecule has 1 aromatic heterocycles. The number of amides is 2. The minimum absolute atomic E-state index is 0.0925. The van der Waals surface area contributed by atoms with Gasteiger partial charge in [0.25, 0.3) is 0 Å². The van der Waals surface area contributed by atoms with Crippen LogP contribution in [-0.2, 0) is 6.54 Å². The summed E-state index contributed by atoms with van der Waals surface area (Å²) >= 11 is 1.83. The molecule has 0 bridgehead atoms. The van der Waals surface area contributed by atoms with Crippen molar-refractivity contribution in [2.45, 2.75) is 12.6 Å². The van der Waals surface area contributed by atoms with Crippen LogP contribution in [0.25, 0.3) is 0 Å². The van der Waals surface area contributed by atoms with Crippen LogP contribution < -0.4 is 5.32 Å². The largest absolute Gasteiger partial charge is 0.343 e. The molecule has 0 unspecified atom stereocenters. The zero-order valence-electron chi connectivity index (χ0n) is 8.34. The van der Waals surface area contributed by atoms with Gasteiger partial charge in [-0.2, -0.15) is 16.7 Å². The summed E-state index contributed by atoms with van der Waals surface area (Å²) in [7, 11) is 1.71. The molecule has 1 fully saturated rings. The van der Waals surface area contributed by atoms with Crippen LogP contribution in [0.4, 0.5) is 4.79 Å². The van der Waals surface area contributed by atoms with Crippen LogP contribution in [-0.4, -0.2) is 45.7 Å². The molecule has 82 valence electrons. The standard InChI is InChI=1S/C8H12N4O2S/c1-12(2-7-9-5-14-11-7)8(13)10-6-3-15-4-6/h5-6H,2-4H2,1H3,(H,10,13). The SMILES string of the molecule is CN(Cc1ncon1)C(=O)NC1CSC1. The molecule has 2 amide bonds. The van der Waals surface area contributed by atoms with Gasteiger partial charge in [0.05, 0.1) is 6.54 Å². The van der Waals surface area contributed by atoms with Crippen LogP contribution in [0.5, 0.6) is 0 Å². The van der Waals surface area contributed by atoms with Crippen molar-refractivity contribution < 1.29 is 9.32 Å². The number of hydrogen-bond donors (Lipinski definition) is 1. The van der Waals surface area contributed by atoms with E-state index in [0.29, 0.717) is 18.4 Å². The van der Waals surface area contributed by atoms with Crippen LogP contribution in [0.2, 0.25) is 0 Å². The van der Waals surface area contributed by atoms with Gasteiger partial charge in [-0.15, -0.1) is 0 Å². The summed E-state index contributed by atoms with van der Waals surface area (Å²) in [6.07, 6.45) is 1.25. The van der Waals surface area contributed by atoms with Crippen LogP contribution in [0.1, 0.15) is 5.82 Å². The molecule has 7 heteroatoms. The van der Waals surface area contributed by atoms with Gasteiger partial charge in [0, 0.05) is 24.6 Å². The lowest BCUT2D eigenvalue weighted by atomic mass is 10.4. The van der Waals surface area contributed by atoms with Crippen molar-refractivity contribution >= 4 is 17.8 Å². The molecule has 0 atom stereocenters. The van der Waals surface area contributed by atoms with Gasteiger partial charge in [0.1, 0.15) is 0 Å². The summed E-state index contributed by atoms with van der Waals surface area (Å²) in [5.41, 5.74) is 0. The van der Waals surface area contributed by atoms with Crippen molar-refractivity contribution in [3.05, 3.63) is 12.2 Å². The van der Waals surface area contributed by atoms with Crippen LogP contribution in [0.3, 0.4) is 0 Å². The van der Waals surface area contributed by atoms with Gasteiger partial charge >= 0.3 is 6.03 Å². The summed E-state index contributed by atoms with van der Waals surface area (Å²) in [6.45, 7) is 0.363. The maximum atomic E-state index is 11.6. The van der Waals surface area contributed by atoms with Gasteiger partial charge in [-0.25, -0.2) is 4.79 Å². The Labute approximate surface area is 91.4 Å². The van der Waals surface area contributed by atoms with E-state index in [4.69, 9.17) is 0 Å². The summed E-state index contributed by atoms with van der Waals surface area (Å²) in [6, 6.07) is 0.223. The Bertz CT molecular complexity index is 325. The molecular weight excluding hydrogens is 216 g/mol. The van der Waals surface area contributed by atoms with Crippen molar-refractivity contribution in [2.24, 2.45) is 0 Å². The molecule has 1 aromatic rings. The topological polar surface area (TPSA) is 71.3 Å². The van der Waals surface area contributed by atoms with Crippen LogP contribution in [0, 0.1) is 0 Å². The predicted octanol–water partition coefficient (Wildman–Crippen LogP) is 0.326. The summed E-state index contributed by atoms with van der Waals surface area (Å²) < 4.78 is 4.59. The molecule has 0 radical (unpaired) electrons.